The molecule has 1 unspecified atom stereocenters. The average molecular weight is 285 g/mol. The highest BCUT2D eigenvalue weighted by molar-refractivity contribution is 7.80. The van der Waals surface area contributed by atoms with Gasteiger partial charge in [-0.15, -0.1) is 0 Å². The molecule has 5 heteroatoms. The van der Waals surface area contributed by atoms with Gasteiger partial charge in [-0.2, -0.15) is 0 Å². The van der Waals surface area contributed by atoms with Crippen LogP contribution in [-0.2, 0) is 0 Å². The van der Waals surface area contributed by atoms with Gasteiger partial charge in [-0.3, -0.25) is 4.79 Å². The molecule has 18 heavy (non-hydrogen) atoms. The Balaban J connectivity index is 2.98. The van der Waals surface area contributed by atoms with Crippen LogP contribution >= 0.6 is 23.8 Å². The molecule has 1 amide bonds. The lowest BCUT2D eigenvalue weighted by molar-refractivity contribution is 0.0926. The van der Waals surface area contributed by atoms with E-state index in [0.29, 0.717) is 17.0 Å². The second kappa shape index (κ2) is 5.67. The van der Waals surface area contributed by atoms with E-state index < -0.39 is 5.54 Å². The molecular weight excluding hydrogens is 268 g/mol. The van der Waals surface area contributed by atoms with Crippen molar-refractivity contribution in [3.63, 3.8) is 0 Å². The third-order valence-electron chi connectivity index (χ3n) is 3.07. The van der Waals surface area contributed by atoms with Crippen molar-refractivity contribution in [3.8, 4) is 0 Å². The van der Waals surface area contributed by atoms with Crippen molar-refractivity contribution in [2.45, 2.75) is 32.7 Å². The Morgan fingerprint density at radius 1 is 1.56 bits per heavy atom. The molecule has 1 rings (SSSR count). The second-order valence-corrected chi connectivity index (χ2v) is 5.34. The van der Waals surface area contributed by atoms with Gasteiger partial charge in [-0.25, -0.2) is 0 Å². The summed E-state index contributed by atoms with van der Waals surface area (Å²) in [6.07, 6.45) is 0.640. The summed E-state index contributed by atoms with van der Waals surface area (Å²) in [5.74, 6) is -0.193. The molecule has 0 fully saturated rings. The molecule has 0 aliphatic heterocycles. The molecule has 1 aromatic rings. The Hall–Kier alpha value is -1.13. The van der Waals surface area contributed by atoms with E-state index in [1.807, 2.05) is 20.8 Å². The number of rotatable bonds is 4. The first kappa shape index (κ1) is 14.9. The van der Waals surface area contributed by atoms with E-state index in [2.05, 4.69) is 5.32 Å². The number of amides is 1. The zero-order valence-corrected chi connectivity index (χ0v) is 12.3. The van der Waals surface area contributed by atoms with Crippen LogP contribution in [0.2, 0.25) is 5.02 Å². The number of hydrogen-bond donors (Lipinski definition) is 2. The minimum atomic E-state index is -0.668. The smallest absolute Gasteiger partial charge is 0.252 e. The zero-order chi connectivity index (χ0) is 13.9. The van der Waals surface area contributed by atoms with Crippen molar-refractivity contribution < 1.29 is 4.79 Å². The Bertz CT molecular complexity index is 490. The molecule has 0 aliphatic rings. The van der Waals surface area contributed by atoms with Crippen LogP contribution in [0.3, 0.4) is 0 Å². The van der Waals surface area contributed by atoms with Crippen LogP contribution in [0.15, 0.2) is 18.2 Å². The summed E-state index contributed by atoms with van der Waals surface area (Å²) in [5.41, 5.74) is 6.40. The number of carbonyl (C=O) groups excluding carboxylic acids is 1. The maximum absolute atomic E-state index is 12.2. The molecule has 0 heterocycles. The van der Waals surface area contributed by atoms with Gasteiger partial charge in [0, 0.05) is 10.6 Å². The Labute approximate surface area is 118 Å². The number of nitrogens with one attached hydrogen (secondary N) is 1. The van der Waals surface area contributed by atoms with E-state index in [4.69, 9.17) is 29.6 Å². The van der Waals surface area contributed by atoms with Crippen molar-refractivity contribution in [2.24, 2.45) is 5.73 Å². The second-order valence-electron chi connectivity index (χ2n) is 4.46. The number of thiocarbonyl (C=S) groups is 1. The number of benzene rings is 1. The van der Waals surface area contributed by atoms with E-state index in [-0.39, 0.29) is 10.9 Å². The van der Waals surface area contributed by atoms with Gasteiger partial charge in [0.15, 0.2) is 0 Å². The van der Waals surface area contributed by atoms with Crippen LogP contribution in [0.5, 0.6) is 0 Å². The van der Waals surface area contributed by atoms with Gasteiger partial charge in [0.25, 0.3) is 5.91 Å². The number of halogens is 1. The van der Waals surface area contributed by atoms with Gasteiger partial charge in [0.1, 0.15) is 0 Å². The molecule has 3 N–H and O–H groups in total. The fraction of sp³-hybridized carbons (Fsp3) is 0.385. The van der Waals surface area contributed by atoms with E-state index in [0.717, 1.165) is 5.56 Å². The van der Waals surface area contributed by atoms with E-state index in [9.17, 15) is 4.79 Å². The third kappa shape index (κ3) is 3.21. The van der Waals surface area contributed by atoms with Crippen LogP contribution in [0.1, 0.15) is 36.2 Å². The Kier molecular flexibility index (Phi) is 4.71. The summed E-state index contributed by atoms with van der Waals surface area (Å²) in [4.78, 5) is 12.5. The standard InChI is InChI=1S/C13H17ClN2OS/c1-4-13(3,12(15)18)16-11(17)10-6-5-9(14)7-8(10)2/h5-7H,4H2,1-3H3,(H2,15,18)(H,16,17). The van der Waals surface area contributed by atoms with Crippen LogP contribution in [0.25, 0.3) is 0 Å². The van der Waals surface area contributed by atoms with E-state index in [1.54, 1.807) is 18.2 Å². The van der Waals surface area contributed by atoms with Crippen molar-refractivity contribution in [3.05, 3.63) is 34.3 Å². The molecule has 1 aromatic carbocycles. The van der Waals surface area contributed by atoms with E-state index in [1.165, 1.54) is 0 Å². The first-order valence-corrected chi connectivity index (χ1v) is 6.47. The lowest BCUT2D eigenvalue weighted by Gasteiger charge is -2.28. The van der Waals surface area contributed by atoms with Gasteiger partial charge in [0.2, 0.25) is 0 Å². The molecule has 0 radical (unpaired) electrons. The number of hydrogen-bond acceptors (Lipinski definition) is 2. The molecule has 98 valence electrons. The molecule has 0 bridgehead atoms. The summed E-state index contributed by atoms with van der Waals surface area (Å²) in [5, 5.41) is 3.48. The maximum atomic E-state index is 12.2. The average Bonchev–Trinajstić information content (AvgIpc) is 2.28. The summed E-state index contributed by atoms with van der Waals surface area (Å²) < 4.78 is 0. The lowest BCUT2D eigenvalue weighted by Crippen LogP contribution is -2.54. The first-order chi connectivity index (χ1) is 8.30. The van der Waals surface area contributed by atoms with Gasteiger partial charge in [-0.1, -0.05) is 30.7 Å². The summed E-state index contributed by atoms with van der Waals surface area (Å²) >= 11 is 10.9. The molecule has 3 nitrogen and oxygen atoms in total. The fourth-order valence-corrected chi connectivity index (χ4v) is 1.95. The maximum Gasteiger partial charge on any atom is 0.252 e. The van der Waals surface area contributed by atoms with Crippen LogP contribution in [0.4, 0.5) is 0 Å². The summed E-state index contributed by atoms with van der Waals surface area (Å²) in [7, 11) is 0. The predicted molar refractivity (Wildman–Crippen MR) is 79.1 cm³/mol. The Morgan fingerprint density at radius 3 is 2.61 bits per heavy atom. The molecule has 0 aromatic heterocycles. The van der Waals surface area contributed by atoms with Crippen LogP contribution in [0, 0.1) is 6.92 Å². The topological polar surface area (TPSA) is 55.1 Å². The monoisotopic (exact) mass is 284 g/mol. The van der Waals surface area contributed by atoms with Crippen LogP contribution in [-0.4, -0.2) is 16.4 Å². The van der Waals surface area contributed by atoms with E-state index >= 15 is 0 Å². The molecule has 0 aliphatic carbocycles. The summed E-state index contributed by atoms with van der Waals surface area (Å²) in [6, 6.07) is 5.14. The highest BCUT2D eigenvalue weighted by Crippen LogP contribution is 2.17. The van der Waals surface area contributed by atoms with Gasteiger partial charge in [-0.05, 0) is 44.0 Å². The van der Waals surface area contributed by atoms with Crippen LogP contribution < -0.4 is 11.1 Å². The van der Waals surface area contributed by atoms with Crippen molar-refractivity contribution >= 4 is 34.7 Å². The van der Waals surface area contributed by atoms with Crippen molar-refractivity contribution in [2.75, 3.05) is 0 Å². The fourth-order valence-electron chi connectivity index (χ4n) is 1.52. The summed E-state index contributed by atoms with van der Waals surface area (Å²) in [6.45, 7) is 5.58. The lowest BCUT2D eigenvalue weighted by atomic mass is 9.97. The third-order valence-corrected chi connectivity index (χ3v) is 3.76. The molecule has 0 spiro atoms. The van der Waals surface area contributed by atoms with Crippen molar-refractivity contribution in [1.82, 2.24) is 5.32 Å². The minimum Gasteiger partial charge on any atom is -0.391 e. The molecular formula is C13H17ClN2OS. The molecule has 1 atom stereocenters. The number of aryl methyl sites for hydroxylation is 1. The normalized spacial score (nSPS) is 13.8. The van der Waals surface area contributed by atoms with Gasteiger partial charge < -0.3 is 11.1 Å². The number of carbonyl (C=O) groups is 1. The minimum absolute atomic E-state index is 0.193. The highest BCUT2D eigenvalue weighted by atomic mass is 35.5. The quantitative estimate of drug-likeness (QED) is 0.836. The molecule has 0 saturated carbocycles. The first-order valence-electron chi connectivity index (χ1n) is 5.68. The SMILES string of the molecule is CCC(C)(NC(=O)c1ccc(Cl)cc1C)C(N)=S. The molecule has 0 saturated heterocycles. The number of nitrogens with two attached hydrogens (primary N) is 1. The highest BCUT2D eigenvalue weighted by Gasteiger charge is 2.28. The van der Waals surface area contributed by atoms with Crippen molar-refractivity contribution in [1.29, 1.82) is 0 Å². The van der Waals surface area contributed by atoms with Gasteiger partial charge >= 0.3 is 0 Å². The zero-order valence-electron chi connectivity index (χ0n) is 10.7. The Morgan fingerprint density at radius 2 is 2.17 bits per heavy atom. The van der Waals surface area contributed by atoms with Gasteiger partial charge in [0.05, 0.1) is 10.5 Å². The largest absolute Gasteiger partial charge is 0.391 e. The predicted octanol–water partition coefficient (Wildman–Crippen LogP) is 2.83.